The van der Waals surface area contributed by atoms with Crippen molar-refractivity contribution in [2.45, 2.75) is 55.2 Å². The number of nitrogens with two attached hydrogens (primary N) is 2. The van der Waals surface area contributed by atoms with Gasteiger partial charge >= 0.3 is 0 Å². The maximum Gasteiger partial charge on any atom is 0.265 e. The van der Waals surface area contributed by atoms with E-state index in [1.54, 1.807) is 12.1 Å². The average molecular weight is 420 g/mol. The third-order valence-corrected chi connectivity index (χ3v) is 6.76. The predicted octanol–water partition coefficient (Wildman–Crippen LogP) is 2.06. The van der Waals surface area contributed by atoms with Crippen molar-refractivity contribution in [3.8, 4) is 0 Å². The minimum Gasteiger partial charge on any atom is -0.399 e. The molecular weight excluding hydrogens is 390 g/mol. The van der Waals surface area contributed by atoms with Crippen LogP contribution < -0.4 is 11.5 Å². The number of sulfonamides is 1. The maximum absolute atomic E-state index is 13.2. The highest BCUT2D eigenvalue weighted by atomic mass is 32.2. The Balaban J connectivity index is 1.77. The van der Waals surface area contributed by atoms with Crippen LogP contribution in [0.5, 0.6) is 0 Å². The smallest absolute Gasteiger partial charge is 0.265 e. The summed E-state index contributed by atoms with van der Waals surface area (Å²) < 4.78 is 27.3. The molecule has 0 bridgehead atoms. The van der Waals surface area contributed by atoms with Crippen LogP contribution in [0.4, 0.5) is 5.69 Å². The second kappa shape index (κ2) is 9.69. The molecule has 158 valence electrons. The first-order valence-electron chi connectivity index (χ1n) is 9.89. The fraction of sp³-hybridized carbons (Fsp3) is 0.429. The van der Waals surface area contributed by atoms with E-state index in [1.165, 1.54) is 12.1 Å². The fourth-order valence-corrected chi connectivity index (χ4v) is 4.82. The van der Waals surface area contributed by atoms with Crippen LogP contribution in [0.1, 0.15) is 31.2 Å². The van der Waals surface area contributed by atoms with Crippen LogP contribution in [0.2, 0.25) is 0 Å². The molecule has 0 unspecified atom stereocenters. The van der Waals surface area contributed by atoms with Gasteiger partial charge < -0.3 is 16.6 Å². The van der Waals surface area contributed by atoms with Crippen molar-refractivity contribution in [3.05, 3.63) is 60.2 Å². The number of anilines is 1. The molecule has 0 radical (unpaired) electrons. The lowest BCUT2D eigenvalue weighted by Crippen LogP contribution is -2.47. The molecule has 2 aromatic rings. The first kappa shape index (κ1) is 21.7. The molecule has 0 amide bonds. The van der Waals surface area contributed by atoms with Gasteiger partial charge in [0.25, 0.3) is 10.0 Å². The van der Waals surface area contributed by atoms with Crippen LogP contribution in [-0.2, 0) is 21.3 Å². The van der Waals surface area contributed by atoms with E-state index in [-0.39, 0.29) is 17.5 Å². The number of aliphatic hydroxyl groups excluding tert-OH is 1. The Kier molecular flexibility index (Phi) is 7.26. The molecule has 0 aliphatic heterocycles. The molecule has 1 fully saturated rings. The summed E-state index contributed by atoms with van der Waals surface area (Å²) in [6.45, 7) is -0.248. The Labute approximate surface area is 172 Å². The van der Waals surface area contributed by atoms with Crippen LogP contribution in [0.3, 0.4) is 0 Å². The number of nitrogen functional groups attached to an aromatic ring is 1. The molecule has 1 aliphatic carbocycles. The number of hydrogen-bond acceptors (Lipinski definition) is 6. The number of hydrogen-bond donors (Lipinski definition) is 3. The Morgan fingerprint density at radius 3 is 2.45 bits per heavy atom. The molecule has 0 spiro atoms. The lowest BCUT2D eigenvalue weighted by molar-refractivity contribution is -0.144. The Bertz CT molecular complexity index is 886. The average Bonchev–Trinajstić information content (AvgIpc) is 3.21. The van der Waals surface area contributed by atoms with Gasteiger partial charge in [0, 0.05) is 11.7 Å². The van der Waals surface area contributed by atoms with E-state index in [4.69, 9.17) is 16.3 Å². The lowest BCUT2D eigenvalue weighted by Gasteiger charge is -2.29. The summed E-state index contributed by atoms with van der Waals surface area (Å²) in [5, 5.41) is 10.7. The van der Waals surface area contributed by atoms with Gasteiger partial charge in [0.2, 0.25) is 0 Å². The minimum atomic E-state index is -4.00. The molecule has 1 aliphatic rings. The van der Waals surface area contributed by atoms with Crippen molar-refractivity contribution < 1.29 is 18.4 Å². The zero-order chi connectivity index (χ0) is 20.9. The second-order valence-electron chi connectivity index (χ2n) is 7.50. The molecule has 5 N–H and O–H groups in total. The molecule has 2 aromatic carbocycles. The molecule has 29 heavy (non-hydrogen) atoms. The molecule has 0 saturated heterocycles. The van der Waals surface area contributed by atoms with Crippen LogP contribution in [0.25, 0.3) is 0 Å². The van der Waals surface area contributed by atoms with Gasteiger partial charge in [0.15, 0.2) is 0 Å². The molecule has 7 nitrogen and oxygen atoms in total. The Hall–Kier alpha value is -1.97. The van der Waals surface area contributed by atoms with Crippen molar-refractivity contribution in [1.82, 2.24) is 4.47 Å². The van der Waals surface area contributed by atoms with Crippen molar-refractivity contribution in [3.63, 3.8) is 0 Å². The van der Waals surface area contributed by atoms with E-state index in [2.05, 4.69) is 0 Å². The summed E-state index contributed by atoms with van der Waals surface area (Å²) in [5.74, 6) is 0. The Morgan fingerprint density at radius 2 is 1.79 bits per heavy atom. The normalized spacial score (nSPS) is 17.5. The standard InChI is InChI=1S/C21H29N3O4S/c22-17-9-6-12-19(14-17)29(26,27)24(28-18-10-4-5-11-18)15-21(25)20(23)13-16-7-2-1-3-8-16/h1-3,6-9,12,14,18,20-21,25H,4-5,10-11,13,15,22-23H2/t20-,21+/m0/s1. The van der Waals surface area contributed by atoms with E-state index in [9.17, 15) is 13.5 Å². The summed E-state index contributed by atoms with van der Waals surface area (Å²) in [6.07, 6.45) is 2.71. The first-order valence-corrected chi connectivity index (χ1v) is 11.3. The van der Waals surface area contributed by atoms with Crippen molar-refractivity contribution in [2.75, 3.05) is 12.3 Å². The van der Waals surface area contributed by atoms with Crippen molar-refractivity contribution in [1.29, 1.82) is 0 Å². The topological polar surface area (TPSA) is 119 Å². The van der Waals surface area contributed by atoms with Gasteiger partial charge in [-0.3, -0.25) is 4.84 Å². The van der Waals surface area contributed by atoms with Gasteiger partial charge in [-0.15, -0.1) is 0 Å². The molecule has 0 heterocycles. The monoisotopic (exact) mass is 419 g/mol. The third-order valence-electron chi connectivity index (χ3n) is 5.14. The number of aliphatic hydroxyl groups is 1. The third kappa shape index (κ3) is 5.77. The van der Waals surface area contributed by atoms with E-state index >= 15 is 0 Å². The van der Waals surface area contributed by atoms with Gasteiger partial charge in [-0.05, 0) is 43.0 Å². The number of nitrogens with zero attached hydrogens (tertiary/aromatic N) is 1. The predicted molar refractivity (Wildman–Crippen MR) is 112 cm³/mol. The molecule has 0 aromatic heterocycles. The van der Waals surface area contributed by atoms with E-state index < -0.39 is 22.2 Å². The number of hydroxylamine groups is 1. The van der Waals surface area contributed by atoms with E-state index in [0.29, 0.717) is 12.1 Å². The SMILES string of the molecule is Nc1cccc(S(=O)(=O)N(C[C@@H](O)[C@@H](N)Cc2ccccc2)OC2CCCC2)c1. The first-order chi connectivity index (χ1) is 13.9. The highest BCUT2D eigenvalue weighted by molar-refractivity contribution is 7.89. The highest BCUT2D eigenvalue weighted by Crippen LogP contribution is 2.26. The second-order valence-corrected chi connectivity index (χ2v) is 9.32. The van der Waals surface area contributed by atoms with E-state index in [0.717, 1.165) is 35.7 Å². The van der Waals surface area contributed by atoms with E-state index in [1.807, 2.05) is 30.3 Å². The van der Waals surface area contributed by atoms with Gasteiger partial charge in [-0.2, -0.15) is 0 Å². The van der Waals surface area contributed by atoms with Crippen LogP contribution in [0.15, 0.2) is 59.5 Å². The van der Waals surface area contributed by atoms with Gasteiger partial charge in [0.05, 0.1) is 23.6 Å². The summed E-state index contributed by atoms with van der Waals surface area (Å²) in [7, 11) is -4.00. The quantitative estimate of drug-likeness (QED) is 0.423. The minimum absolute atomic E-state index is 0.0272. The summed E-state index contributed by atoms with van der Waals surface area (Å²) in [5.41, 5.74) is 13.2. The summed E-state index contributed by atoms with van der Waals surface area (Å²) >= 11 is 0. The summed E-state index contributed by atoms with van der Waals surface area (Å²) in [6, 6.07) is 14.9. The number of benzene rings is 2. The van der Waals surface area contributed by atoms with Gasteiger partial charge in [-0.25, -0.2) is 8.42 Å². The van der Waals surface area contributed by atoms with Crippen molar-refractivity contribution in [2.24, 2.45) is 5.73 Å². The van der Waals surface area contributed by atoms with Crippen LogP contribution >= 0.6 is 0 Å². The number of rotatable bonds is 9. The fourth-order valence-electron chi connectivity index (χ4n) is 3.46. The van der Waals surface area contributed by atoms with Crippen LogP contribution in [0, 0.1) is 0 Å². The van der Waals surface area contributed by atoms with Gasteiger partial charge in [-0.1, -0.05) is 53.7 Å². The largest absolute Gasteiger partial charge is 0.399 e. The molecule has 2 atom stereocenters. The molecular formula is C21H29N3O4S. The maximum atomic E-state index is 13.2. The highest BCUT2D eigenvalue weighted by Gasteiger charge is 2.33. The zero-order valence-corrected chi connectivity index (χ0v) is 17.2. The van der Waals surface area contributed by atoms with Crippen molar-refractivity contribution >= 4 is 15.7 Å². The van der Waals surface area contributed by atoms with Gasteiger partial charge in [0.1, 0.15) is 0 Å². The molecule has 8 heteroatoms. The van der Waals surface area contributed by atoms with Crippen LogP contribution in [-0.4, -0.2) is 42.8 Å². The molecule has 1 saturated carbocycles. The zero-order valence-electron chi connectivity index (χ0n) is 16.4. The lowest BCUT2D eigenvalue weighted by atomic mass is 10.0. The molecule has 3 rings (SSSR count). The Morgan fingerprint density at radius 1 is 1.10 bits per heavy atom. The summed E-state index contributed by atoms with van der Waals surface area (Å²) in [4.78, 5) is 5.86.